The van der Waals surface area contributed by atoms with Crippen LogP contribution in [0.25, 0.3) is 22.4 Å². The van der Waals surface area contributed by atoms with Crippen molar-refractivity contribution in [2.45, 2.75) is 0 Å². The van der Waals surface area contributed by atoms with E-state index in [-0.39, 0.29) is 11.8 Å². The summed E-state index contributed by atoms with van der Waals surface area (Å²) >= 11 is 0. The summed E-state index contributed by atoms with van der Waals surface area (Å²) in [6.45, 7) is 0. The maximum Gasteiger partial charge on any atom is 0.347 e. The Balaban J connectivity index is 1.77. The van der Waals surface area contributed by atoms with Crippen LogP contribution in [-0.2, 0) is 0 Å². The molecule has 0 aliphatic carbocycles. The molecule has 6 nitrogen and oxygen atoms in total. The monoisotopic (exact) mass is 357 g/mol. The van der Waals surface area contributed by atoms with E-state index in [0.29, 0.717) is 33.4 Å². The molecule has 0 spiro atoms. The van der Waals surface area contributed by atoms with Gasteiger partial charge in [0.1, 0.15) is 0 Å². The summed E-state index contributed by atoms with van der Waals surface area (Å²) in [5, 5.41) is 3.22. The van der Waals surface area contributed by atoms with E-state index >= 15 is 0 Å². The Labute approximate surface area is 154 Å². The number of nitrogens with one attached hydrogen (secondary N) is 1. The van der Waals surface area contributed by atoms with Crippen LogP contribution in [0.2, 0.25) is 0 Å². The highest BCUT2D eigenvalue weighted by Crippen LogP contribution is 2.27. The normalized spacial score (nSPS) is 10.7. The second kappa shape index (κ2) is 6.76. The van der Waals surface area contributed by atoms with Gasteiger partial charge in [0.2, 0.25) is 5.89 Å². The number of benzene rings is 3. The molecule has 132 valence electrons. The molecule has 0 fully saturated rings. The highest BCUT2D eigenvalue weighted by Gasteiger charge is 2.15. The number of nitrogen functional groups attached to an aromatic ring is 1. The van der Waals surface area contributed by atoms with Gasteiger partial charge in [-0.05, 0) is 36.4 Å². The van der Waals surface area contributed by atoms with Gasteiger partial charge in [0, 0.05) is 5.69 Å². The van der Waals surface area contributed by atoms with Crippen molar-refractivity contribution in [2.24, 2.45) is 0 Å². The van der Waals surface area contributed by atoms with Crippen molar-refractivity contribution in [3.8, 4) is 11.5 Å². The van der Waals surface area contributed by atoms with Crippen LogP contribution in [0.4, 0.5) is 11.4 Å². The van der Waals surface area contributed by atoms with Crippen molar-refractivity contribution < 1.29 is 9.21 Å². The Morgan fingerprint density at radius 1 is 0.926 bits per heavy atom. The number of hydrogen-bond donors (Lipinski definition) is 2. The summed E-state index contributed by atoms with van der Waals surface area (Å²) in [5.41, 5.74) is 7.63. The van der Waals surface area contributed by atoms with Crippen molar-refractivity contribution in [2.75, 3.05) is 11.1 Å². The third-order valence-electron chi connectivity index (χ3n) is 4.15. The predicted octanol–water partition coefficient (Wildman–Crippen LogP) is 3.69. The molecule has 0 aliphatic rings. The first kappa shape index (κ1) is 16.5. The molecule has 4 aromatic rings. The van der Waals surface area contributed by atoms with E-state index < -0.39 is 5.63 Å². The van der Waals surface area contributed by atoms with Gasteiger partial charge < -0.3 is 15.5 Å². The fourth-order valence-corrected chi connectivity index (χ4v) is 2.81. The number of nitrogens with zero attached hydrogens (tertiary/aromatic N) is 1. The molecule has 0 radical (unpaired) electrons. The van der Waals surface area contributed by atoms with Gasteiger partial charge >= 0.3 is 5.63 Å². The first-order valence-electron chi connectivity index (χ1n) is 8.28. The van der Waals surface area contributed by atoms with Crippen molar-refractivity contribution in [1.29, 1.82) is 0 Å². The van der Waals surface area contributed by atoms with Crippen LogP contribution in [-0.4, -0.2) is 10.9 Å². The molecule has 4 rings (SSSR count). The molecule has 1 heterocycles. The van der Waals surface area contributed by atoms with Crippen molar-refractivity contribution >= 4 is 28.2 Å². The lowest BCUT2D eigenvalue weighted by molar-refractivity contribution is 0.102. The largest absolute Gasteiger partial charge is 0.403 e. The van der Waals surface area contributed by atoms with Gasteiger partial charge in [0.15, 0.2) is 0 Å². The molecule has 0 bridgehead atoms. The molecule has 1 amide bonds. The summed E-state index contributed by atoms with van der Waals surface area (Å²) in [5.74, 6) is -0.223. The molecule has 0 saturated heterocycles. The van der Waals surface area contributed by atoms with Crippen LogP contribution in [0.5, 0.6) is 0 Å². The standard InChI is InChI=1S/C21H15N3O3/c22-16-10-4-1-7-13(16)19(25)23-17-11-5-2-8-14(17)20-24-18-12-6-3-9-15(18)21(26)27-20/h1-12H,22H2,(H,23,25). The zero-order chi connectivity index (χ0) is 18.8. The Morgan fingerprint density at radius 3 is 2.48 bits per heavy atom. The van der Waals surface area contributed by atoms with Gasteiger partial charge in [-0.15, -0.1) is 0 Å². The second-order valence-corrected chi connectivity index (χ2v) is 5.91. The van der Waals surface area contributed by atoms with Gasteiger partial charge in [-0.2, -0.15) is 0 Å². The first-order chi connectivity index (χ1) is 13.1. The lowest BCUT2D eigenvalue weighted by Gasteiger charge is -2.11. The maximum absolute atomic E-state index is 12.6. The van der Waals surface area contributed by atoms with Crippen molar-refractivity contribution in [3.63, 3.8) is 0 Å². The average Bonchev–Trinajstić information content (AvgIpc) is 2.68. The van der Waals surface area contributed by atoms with Gasteiger partial charge in [-0.25, -0.2) is 9.78 Å². The summed E-state index contributed by atoms with van der Waals surface area (Å²) < 4.78 is 5.39. The molecule has 0 atom stereocenters. The number of nitrogens with two attached hydrogens (primary N) is 1. The molecule has 6 heteroatoms. The average molecular weight is 357 g/mol. The Hall–Kier alpha value is -3.93. The van der Waals surface area contributed by atoms with Gasteiger partial charge in [-0.1, -0.05) is 36.4 Å². The summed E-state index contributed by atoms with van der Waals surface area (Å²) in [7, 11) is 0. The second-order valence-electron chi connectivity index (χ2n) is 5.91. The number of carbonyl (C=O) groups is 1. The van der Waals surface area contributed by atoms with Crippen LogP contribution in [0.15, 0.2) is 82.0 Å². The molecular formula is C21H15N3O3. The predicted molar refractivity (Wildman–Crippen MR) is 105 cm³/mol. The van der Waals surface area contributed by atoms with Gasteiger partial charge in [0.25, 0.3) is 5.91 Å². The van der Waals surface area contributed by atoms with Gasteiger partial charge in [-0.3, -0.25) is 4.79 Å². The third kappa shape index (κ3) is 3.16. The van der Waals surface area contributed by atoms with Crippen LogP contribution in [0, 0.1) is 0 Å². The SMILES string of the molecule is Nc1ccccc1C(=O)Nc1ccccc1-c1nc2ccccc2c(=O)o1. The summed E-state index contributed by atoms with van der Waals surface area (Å²) in [6.07, 6.45) is 0. The topological polar surface area (TPSA) is 98.2 Å². The number of carbonyl (C=O) groups excluding carboxylic acids is 1. The lowest BCUT2D eigenvalue weighted by atomic mass is 10.1. The van der Waals surface area contributed by atoms with E-state index in [4.69, 9.17) is 10.2 Å². The highest BCUT2D eigenvalue weighted by atomic mass is 16.4. The molecule has 3 N–H and O–H groups in total. The van der Waals surface area contributed by atoms with E-state index in [1.807, 2.05) is 0 Å². The van der Waals surface area contributed by atoms with E-state index in [1.54, 1.807) is 72.8 Å². The first-order valence-corrected chi connectivity index (χ1v) is 8.28. The zero-order valence-corrected chi connectivity index (χ0v) is 14.2. The Morgan fingerprint density at radius 2 is 1.63 bits per heavy atom. The minimum atomic E-state index is -0.482. The van der Waals surface area contributed by atoms with Crippen molar-refractivity contribution in [3.05, 3.63) is 88.8 Å². The molecule has 0 aliphatic heterocycles. The number of amides is 1. The summed E-state index contributed by atoms with van der Waals surface area (Å²) in [6, 6.07) is 20.7. The number of fused-ring (bicyclic) bond motifs is 1. The smallest absolute Gasteiger partial charge is 0.347 e. The Kier molecular flexibility index (Phi) is 4.14. The van der Waals surface area contributed by atoms with E-state index in [9.17, 15) is 9.59 Å². The molecule has 0 unspecified atom stereocenters. The molecule has 27 heavy (non-hydrogen) atoms. The fourth-order valence-electron chi connectivity index (χ4n) is 2.81. The van der Waals surface area contributed by atoms with Crippen LogP contribution >= 0.6 is 0 Å². The highest BCUT2D eigenvalue weighted by molar-refractivity contribution is 6.09. The van der Waals surface area contributed by atoms with Crippen LogP contribution in [0.3, 0.4) is 0 Å². The quantitative estimate of drug-likeness (QED) is 0.545. The maximum atomic E-state index is 12.6. The number of rotatable bonds is 3. The van der Waals surface area contributed by atoms with E-state index in [1.165, 1.54) is 0 Å². The lowest BCUT2D eigenvalue weighted by Crippen LogP contribution is -2.14. The minimum Gasteiger partial charge on any atom is -0.403 e. The number of hydrogen-bond acceptors (Lipinski definition) is 5. The molecule has 0 saturated carbocycles. The summed E-state index contributed by atoms with van der Waals surface area (Å²) in [4.78, 5) is 29.3. The van der Waals surface area contributed by atoms with Crippen molar-refractivity contribution in [1.82, 2.24) is 4.98 Å². The number of anilines is 2. The fraction of sp³-hybridized carbons (Fsp3) is 0. The number of para-hydroxylation sites is 3. The minimum absolute atomic E-state index is 0.135. The van der Waals surface area contributed by atoms with E-state index in [2.05, 4.69) is 10.3 Å². The zero-order valence-electron chi connectivity index (χ0n) is 14.2. The molecule has 3 aromatic carbocycles. The number of aromatic nitrogens is 1. The third-order valence-corrected chi connectivity index (χ3v) is 4.15. The molecular weight excluding hydrogens is 342 g/mol. The Bertz CT molecular complexity index is 1210. The van der Waals surface area contributed by atoms with E-state index in [0.717, 1.165) is 0 Å². The molecule has 1 aromatic heterocycles. The van der Waals surface area contributed by atoms with Crippen LogP contribution in [0.1, 0.15) is 10.4 Å². The van der Waals surface area contributed by atoms with Crippen LogP contribution < -0.4 is 16.7 Å². The van der Waals surface area contributed by atoms with Gasteiger partial charge in [0.05, 0.1) is 27.7 Å².